The first-order chi connectivity index (χ1) is 14.4. The minimum atomic E-state index is -1.07. The van der Waals surface area contributed by atoms with Crippen LogP contribution in [-0.4, -0.2) is 56.0 Å². The Balaban J connectivity index is 1.50. The standard InChI is InChI=1S/C21H26N6O3/c1-21(20(30)24-15-7-3-4-8-15)13-27-17(19(29)26(21)2)10-16(25-27)18(28)23-12-14-6-5-9-22-11-14/h5-6,9-11,15H,3-4,7-8,12-13H2,1-2H3,(H,23,28)(H,24,30)/t21-/m0/s1. The van der Waals surface area contributed by atoms with E-state index in [0.29, 0.717) is 12.2 Å². The molecule has 3 heterocycles. The summed E-state index contributed by atoms with van der Waals surface area (Å²) in [5, 5.41) is 10.2. The zero-order chi connectivity index (χ0) is 21.3. The molecule has 0 saturated heterocycles. The highest BCUT2D eigenvalue weighted by molar-refractivity contribution is 6.01. The molecule has 1 aliphatic heterocycles. The maximum Gasteiger partial charge on any atom is 0.272 e. The van der Waals surface area contributed by atoms with Crippen molar-refractivity contribution in [3.63, 3.8) is 0 Å². The topological polar surface area (TPSA) is 109 Å². The molecular formula is C21H26N6O3. The van der Waals surface area contributed by atoms with E-state index in [4.69, 9.17) is 0 Å². The fraction of sp³-hybridized carbons (Fsp3) is 0.476. The number of carbonyl (C=O) groups excluding carboxylic acids is 3. The highest BCUT2D eigenvalue weighted by Gasteiger charge is 2.46. The van der Waals surface area contributed by atoms with Gasteiger partial charge in [0.15, 0.2) is 5.69 Å². The van der Waals surface area contributed by atoms with E-state index < -0.39 is 5.54 Å². The van der Waals surface area contributed by atoms with Gasteiger partial charge in [0.05, 0.1) is 6.54 Å². The summed E-state index contributed by atoms with van der Waals surface area (Å²) >= 11 is 0. The summed E-state index contributed by atoms with van der Waals surface area (Å²) < 4.78 is 1.47. The van der Waals surface area contributed by atoms with Crippen LogP contribution in [0, 0.1) is 0 Å². The van der Waals surface area contributed by atoms with Gasteiger partial charge in [-0.15, -0.1) is 0 Å². The van der Waals surface area contributed by atoms with E-state index in [-0.39, 0.29) is 36.0 Å². The van der Waals surface area contributed by atoms with Crippen LogP contribution >= 0.6 is 0 Å². The van der Waals surface area contributed by atoms with Crippen molar-refractivity contribution in [2.24, 2.45) is 0 Å². The Labute approximate surface area is 174 Å². The fourth-order valence-electron chi connectivity index (χ4n) is 4.02. The van der Waals surface area contributed by atoms with Gasteiger partial charge in [-0.05, 0) is 31.4 Å². The molecule has 158 valence electrons. The number of pyridine rings is 1. The van der Waals surface area contributed by atoms with Gasteiger partial charge in [0, 0.05) is 38.1 Å². The lowest BCUT2D eigenvalue weighted by Gasteiger charge is -2.41. The van der Waals surface area contributed by atoms with Crippen molar-refractivity contribution in [3.05, 3.63) is 47.5 Å². The molecule has 2 aliphatic rings. The maximum absolute atomic E-state index is 13.0. The number of aromatic nitrogens is 3. The van der Waals surface area contributed by atoms with Crippen molar-refractivity contribution >= 4 is 17.7 Å². The third-order valence-electron chi connectivity index (χ3n) is 6.09. The minimum Gasteiger partial charge on any atom is -0.351 e. The molecule has 2 aromatic rings. The van der Waals surface area contributed by atoms with E-state index in [1.54, 1.807) is 32.4 Å². The van der Waals surface area contributed by atoms with Crippen LogP contribution in [0.15, 0.2) is 30.6 Å². The Morgan fingerprint density at radius 1 is 1.30 bits per heavy atom. The molecule has 3 amide bonds. The zero-order valence-corrected chi connectivity index (χ0v) is 17.2. The number of amides is 3. The average Bonchev–Trinajstić information content (AvgIpc) is 3.41. The Morgan fingerprint density at radius 2 is 2.07 bits per heavy atom. The van der Waals surface area contributed by atoms with Crippen molar-refractivity contribution < 1.29 is 14.4 Å². The summed E-state index contributed by atoms with van der Waals surface area (Å²) in [5.41, 5.74) is 0.246. The molecule has 4 rings (SSSR count). The van der Waals surface area contributed by atoms with Gasteiger partial charge in [0.25, 0.3) is 11.8 Å². The van der Waals surface area contributed by atoms with E-state index in [9.17, 15) is 14.4 Å². The lowest BCUT2D eigenvalue weighted by Crippen LogP contribution is -2.63. The first-order valence-electron chi connectivity index (χ1n) is 10.2. The molecule has 2 aromatic heterocycles. The summed E-state index contributed by atoms with van der Waals surface area (Å²) in [6.07, 6.45) is 7.48. The van der Waals surface area contributed by atoms with Gasteiger partial charge in [0.2, 0.25) is 5.91 Å². The number of likely N-dealkylation sites (N-methyl/N-ethyl adjacent to an activating group) is 1. The molecule has 2 N–H and O–H groups in total. The van der Waals surface area contributed by atoms with Crippen LogP contribution in [0.3, 0.4) is 0 Å². The second-order valence-electron chi connectivity index (χ2n) is 8.21. The van der Waals surface area contributed by atoms with Gasteiger partial charge in [-0.3, -0.25) is 24.0 Å². The van der Waals surface area contributed by atoms with Gasteiger partial charge < -0.3 is 15.5 Å². The summed E-state index contributed by atoms with van der Waals surface area (Å²) in [6.45, 7) is 2.24. The smallest absolute Gasteiger partial charge is 0.272 e. The number of hydrogen-bond donors (Lipinski definition) is 2. The second-order valence-corrected chi connectivity index (χ2v) is 8.21. The molecule has 1 atom stereocenters. The molecule has 0 unspecified atom stereocenters. The largest absolute Gasteiger partial charge is 0.351 e. The third-order valence-corrected chi connectivity index (χ3v) is 6.09. The Kier molecular flexibility index (Phi) is 5.27. The first-order valence-corrected chi connectivity index (χ1v) is 10.2. The lowest BCUT2D eigenvalue weighted by atomic mass is 9.95. The lowest BCUT2D eigenvalue weighted by molar-refractivity contribution is -0.133. The molecular weight excluding hydrogens is 384 g/mol. The summed E-state index contributed by atoms with van der Waals surface area (Å²) in [7, 11) is 1.62. The SMILES string of the molecule is CN1C(=O)c2cc(C(=O)NCc3cccnc3)nn2C[C@@]1(C)C(=O)NC1CCCC1. The highest BCUT2D eigenvalue weighted by atomic mass is 16.2. The predicted octanol–water partition coefficient (Wildman–Crippen LogP) is 1.11. The molecule has 1 fully saturated rings. The first kappa shape index (κ1) is 20.1. The van der Waals surface area contributed by atoms with Gasteiger partial charge in [-0.2, -0.15) is 5.10 Å². The number of carbonyl (C=O) groups is 3. The van der Waals surface area contributed by atoms with E-state index in [1.807, 2.05) is 6.07 Å². The van der Waals surface area contributed by atoms with Crippen LogP contribution in [-0.2, 0) is 17.9 Å². The van der Waals surface area contributed by atoms with Gasteiger partial charge >= 0.3 is 0 Å². The fourth-order valence-corrected chi connectivity index (χ4v) is 4.02. The van der Waals surface area contributed by atoms with E-state index in [0.717, 1.165) is 31.2 Å². The molecule has 30 heavy (non-hydrogen) atoms. The third kappa shape index (κ3) is 3.67. The van der Waals surface area contributed by atoms with Crippen LogP contribution in [0.2, 0.25) is 0 Å². The second kappa shape index (κ2) is 7.89. The highest BCUT2D eigenvalue weighted by Crippen LogP contribution is 2.27. The maximum atomic E-state index is 13.0. The quantitative estimate of drug-likeness (QED) is 0.768. The minimum absolute atomic E-state index is 0.149. The molecule has 9 nitrogen and oxygen atoms in total. The molecule has 9 heteroatoms. The summed E-state index contributed by atoms with van der Waals surface area (Å²) in [5.74, 6) is -0.897. The Hall–Kier alpha value is -3.23. The van der Waals surface area contributed by atoms with Gasteiger partial charge in [0.1, 0.15) is 11.2 Å². The van der Waals surface area contributed by atoms with Crippen LogP contribution in [0.1, 0.15) is 59.1 Å². The van der Waals surface area contributed by atoms with E-state index in [2.05, 4.69) is 20.7 Å². The van der Waals surface area contributed by atoms with Gasteiger partial charge in [-0.25, -0.2) is 0 Å². The number of fused-ring (bicyclic) bond motifs is 1. The van der Waals surface area contributed by atoms with Crippen LogP contribution in [0.25, 0.3) is 0 Å². The molecule has 0 bridgehead atoms. The number of nitrogens with one attached hydrogen (secondary N) is 2. The number of nitrogens with zero attached hydrogens (tertiary/aromatic N) is 4. The van der Waals surface area contributed by atoms with E-state index >= 15 is 0 Å². The number of rotatable bonds is 5. The normalized spacial score (nSPS) is 21.4. The predicted molar refractivity (Wildman–Crippen MR) is 109 cm³/mol. The Bertz CT molecular complexity index is 966. The summed E-state index contributed by atoms with van der Waals surface area (Å²) in [6, 6.07) is 5.29. The van der Waals surface area contributed by atoms with Gasteiger partial charge in [-0.1, -0.05) is 18.9 Å². The monoisotopic (exact) mass is 410 g/mol. The van der Waals surface area contributed by atoms with Crippen molar-refractivity contribution in [1.29, 1.82) is 0 Å². The molecule has 0 spiro atoms. The van der Waals surface area contributed by atoms with Crippen molar-refractivity contribution in [2.75, 3.05) is 7.05 Å². The van der Waals surface area contributed by atoms with Crippen LogP contribution < -0.4 is 10.6 Å². The molecule has 1 saturated carbocycles. The average molecular weight is 410 g/mol. The number of hydrogen-bond acceptors (Lipinski definition) is 5. The van der Waals surface area contributed by atoms with Crippen molar-refractivity contribution in [1.82, 2.24) is 30.3 Å². The van der Waals surface area contributed by atoms with Crippen LogP contribution in [0.4, 0.5) is 0 Å². The molecule has 0 aromatic carbocycles. The van der Waals surface area contributed by atoms with Crippen LogP contribution in [0.5, 0.6) is 0 Å². The zero-order valence-electron chi connectivity index (χ0n) is 17.2. The van der Waals surface area contributed by atoms with Crippen molar-refractivity contribution in [3.8, 4) is 0 Å². The molecule has 1 aliphatic carbocycles. The van der Waals surface area contributed by atoms with Crippen molar-refractivity contribution in [2.45, 2.75) is 57.3 Å². The summed E-state index contributed by atoms with van der Waals surface area (Å²) in [4.78, 5) is 43.9. The molecule has 0 radical (unpaired) electrons. The Morgan fingerprint density at radius 3 is 2.77 bits per heavy atom. The van der Waals surface area contributed by atoms with E-state index in [1.165, 1.54) is 15.6 Å².